The third-order valence-electron chi connectivity index (χ3n) is 3.46. The Labute approximate surface area is 146 Å². The van der Waals surface area contributed by atoms with E-state index in [0.717, 1.165) is 0 Å². The van der Waals surface area contributed by atoms with Crippen molar-refractivity contribution in [3.63, 3.8) is 0 Å². The number of hydrogen-bond acceptors (Lipinski definition) is 7. The van der Waals surface area contributed by atoms with E-state index in [1.54, 1.807) is 24.3 Å². The van der Waals surface area contributed by atoms with Gasteiger partial charge >= 0.3 is 5.97 Å². The molecule has 1 saturated heterocycles. The molecule has 1 aromatic rings. The number of hydrogen-bond donors (Lipinski definition) is 1. The number of amides is 1. The molecule has 1 heterocycles. The fourth-order valence-electron chi connectivity index (χ4n) is 2.35. The molecule has 1 amide bonds. The minimum atomic E-state index is -3.07. The molecule has 0 spiro atoms. The van der Waals surface area contributed by atoms with Gasteiger partial charge in [-0.1, -0.05) is 12.1 Å². The summed E-state index contributed by atoms with van der Waals surface area (Å²) in [4.78, 5) is 23.4. The average molecular weight is 371 g/mol. The molecule has 1 aliphatic rings. The lowest BCUT2D eigenvalue weighted by Gasteiger charge is -2.12. The van der Waals surface area contributed by atoms with E-state index in [4.69, 9.17) is 14.2 Å². The van der Waals surface area contributed by atoms with Crippen molar-refractivity contribution in [2.75, 3.05) is 31.3 Å². The second-order valence-electron chi connectivity index (χ2n) is 5.50. The van der Waals surface area contributed by atoms with Crippen LogP contribution in [0.2, 0.25) is 0 Å². The zero-order valence-electron chi connectivity index (χ0n) is 13.9. The van der Waals surface area contributed by atoms with E-state index in [1.165, 1.54) is 0 Å². The number of ether oxygens (including phenoxy) is 3. The first-order valence-corrected chi connectivity index (χ1v) is 9.72. The quantitative estimate of drug-likeness (QED) is 0.655. The van der Waals surface area contributed by atoms with E-state index in [-0.39, 0.29) is 18.1 Å². The van der Waals surface area contributed by atoms with E-state index in [1.807, 2.05) is 6.92 Å². The maximum Gasteiger partial charge on any atom is 0.344 e. The van der Waals surface area contributed by atoms with Crippen LogP contribution in [0.1, 0.15) is 13.3 Å². The standard InChI is InChI=1S/C16H21NO7S/c1-2-22-13-5-3-4-6-14(13)23-10-16(19)24-9-15(18)17-12-7-8-25(20,21)11-12/h3-6,12H,2,7-11H2,1H3,(H,17,18). The summed E-state index contributed by atoms with van der Waals surface area (Å²) in [5.41, 5.74) is 0. The predicted octanol–water partition coefficient (Wildman–Crippen LogP) is 0.311. The molecule has 9 heteroatoms. The van der Waals surface area contributed by atoms with Gasteiger partial charge in [-0.25, -0.2) is 13.2 Å². The van der Waals surface area contributed by atoms with Gasteiger partial charge in [-0.05, 0) is 25.5 Å². The summed E-state index contributed by atoms with van der Waals surface area (Å²) >= 11 is 0. The summed E-state index contributed by atoms with van der Waals surface area (Å²) in [6.45, 7) is 1.45. The summed E-state index contributed by atoms with van der Waals surface area (Å²) in [5, 5.41) is 2.53. The topological polar surface area (TPSA) is 108 Å². The van der Waals surface area contributed by atoms with Crippen LogP contribution in [-0.4, -0.2) is 57.7 Å². The average Bonchev–Trinajstić information content (AvgIpc) is 2.91. The largest absolute Gasteiger partial charge is 0.490 e. The minimum absolute atomic E-state index is 0.0603. The molecule has 1 atom stereocenters. The molecule has 25 heavy (non-hydrogen) atoms. The summed E-state index contributed by atoms with van der Waals surface area (Å²) in [5.74, 6) is -0.347. The molecule has 0 aliphatic carbocycles. The molecule has 0 radical (unpaired) electrons. The lowest BCUT2D eigenvalue weighted by Crippen LogP contribution is -2.38. The van der Waals surface area contributed by atoms with E-state index in [9.17, 15) is 18.0 Å². The van der Waals surface area contributed by atoms with Gasteiger partial charge in [0.15, 0.2) is 34.6 Å². The van der Waals surface area contributed by atoms with Crippen molar-refractivity contribution >= 4 is 21.7 Å². The molecular weight excluding hydrogens is 350 g/mol. The smallest absolute Gasteiger partial charge is 0.344 e. The van der Waals surface area contributed by atoms with Crippen LogP contribution in [-0.2, 0) is 24.2 Å². The normalized spacial score (nSPS) is 18.4. The third-order valence-corrected chi connectivity index (χ3v) is 5.22. The highest BCUT2D eigenvalue weighted by atomic mass is 32.2. The van der Waals surface area contributed by atoms with E-state index >= 15 is 0 Å². The molecule has 0 bridgehead atoms. The maximum absolute atomic E-state index is 11.7. The van der Waals surface area contributed by atoms with E-state index in [0.29, 0.717) is 24.5 Å². The van der Waals surface area contributed by atoms with Gasteiger partial charge < -0.3 is 19.5 Å². The number of esters is 1. The van der Waals surface area contributed by atoms with Crippen molar-refractivity contribution in [2.24, 2.45) is 0 Å². The van der Waals surface area contributed by atoms with Gasteiger partial charge in [0.25, 0.3) is 5.91 Å². The number of rotatable bonds is 8. The fourth-order valence-corrected chi connectivity index (χ4v) is 4.02. The Morgan fingerprint density at radius 1 is 1.16 bits per heavy atom. The number of sulfone groups is 1. The van der Waals surface area contributed by atoms with E-state index < -0.39 is 34.4 Å². The Morgan fingerprint density at radius 3 is 2.44 bits per heavy atom. The lowest BCUT2D eigenvalue weighted by molar-refractivity contribution is -0.150. The van der Waals surface area contributed by atoms with Gasteiger partial charge in [-0.15, -0.1) is 0 Å². The highest BCUT2D eigenvalue weighted by Crippen LogP contribution is 2.26. The SMILES string of the molecule is CCOc1ccccc1OCC(=O)OCC(=O)NC1CCS(=O)(=O)C1. The van der Waals surface area contributed by atoms with Crippen molar-refractivity contribution in [1.29, 1.82) is 0 Å². The molecule has 1 fully saturated rings. The number of carbonyl (C=O) groups excluding carboxylic acids is 2. The molecule has 0 saturated carbocycles. The molecule has 138 valence electrons. The summed E-state index contributed by atoms with van der Waals surface area (Å²) < 4.78 is 38.2. The molecule has 2 rings (SSSR count). The second kappa shape index (κ2) is 8.70. The molecule has 1 aliphatic heterocycles. The van der Waals surface area contributed by atoms with Crippen molar-refractivity contribution in [1.82, 2.24) is 5.32 Å². The van der Waals surface area contributed by atoms with Crippen LogP contribution >= 0.6 is 0 Å². The summed E-state index contributed by atoms with van der Waals surface area (Å²) in [7, 11) is -3.07. The predicted molar refractivity (Wildman–Crippen MR) is 89.3 cm³/mol. The number of nitrogens with one attached hydrogen (secondary N) is 1. The lowest BCUT2D eigenvalue weighted by atomic mass is 10.2. The van der Waals surface area contributed by atoms with E-state index in [2.05, 4.69) is 5.32 Å². The summed E-state index contributed by atoms with van der Waals surface area (Å²) in [6, 6.07) is 6.47. The first-order valence-electron chi connectivity index (χ1n) is 7.89. The van der Waals surface area contributed by atoms with Crippen LogP contribution in [0.4, 0.5) is 0 Å². The highest BCUT2D eigenvalue weighted by molar-refractivity contribution is 7.91. The Bertz CT molecular complexity index is 717. The first-order chi connectivity index (χ1) is 11.9. The van der Waals surface area contributed by atoms with Gasteiger partial charge in [-0.3, -0.25) is 4.79 Å². The zero-order chi connectivity index (χ0) is 18.3. The minimum Gasteiger partial charge on any atom is -0.490 e. The highest BCUT2D eigenvalue weighted by Gasteiger charge is 2.29. The van der Waals surface area contributed by atoms with Crippen LogP contribution in [0.5, 0.6) is 11.5 Å². The van der Waals surface area contributed by atoms with Crippen LogP contribution < -0.4 is 14.8 Å². The molecule has 1 unspecified atom stereocenters. The van der Waals surface area contributed by atoms with Gasteiger partial charge in [0, 0.05) is 6.04 Å². The molecule has 0 aromatic heterocycles. The monoisotopic (exact) mass is 371 g/mol. The van der Waals surface area contributed by atoms with Gasteiger partial charge in [-0.2, -0.15) is 0 Å². The van der Waals surface area contributed by atoms with Gasteiger partial charge in [0.1, 0.15) is 0 Å². The van der Waals surface area contributed by atoms with Crippen LogP contribution in [0.25, 0.3) is 0 Å². The third kappa shape index (κ3) is 6.26. The Kier molecular flexibility index (Phi) is 6.63. The second-order valence-corrected chi connectivity index (χ2v) is 7.73. The van der Waals surface area contributed by atoms with Gasteiger partial charge in [0.2, 0.25) is 0 Å². The first kappa shape index (κ1) is 19.0. The maximum atomic E-state index is 11.7. The number of benzene rings is 1. The zero-order valence-corrected chi connectivity index (χ0v) is 14.7. The van der Waals surface area contributed by atoms with Gasteiger partial charge in [0.05, 0.1) is 18.1 Å². The van der Waals surface area contributed by atoms with Crippen LogP contribution in [0, 0.1) is 0 Å². The van der Waals surface area contributed by atoms with Crippen molar-refractivity contribution in [3.8, 4) is 11.5 Å². The Morgan fingerprint density at radius 2 is 1.84 bits per heavy atom. The fraction of sp³-hybridized carbons (Fsp3) is 0.500. The molecule has 1 aromatic carbocycles. The van der Waals surface area contributed by atoms with Crippen molar-refractivity contribution in [2.45, 2.75) is 19.4 Å². The van der Waals surface area contributed by atoms with Crippen LogP contribution in [0.15, 0.2) is 24.3 Å². The molecule has 1 N–H and O–H groups in total. The Hall–Kier alpha value is -2.29. The summed E-state index contributed by atoms with van der Waals surface area (Å²) in [6.07, 6.45) is 0.374. The number of carbonyl (C=O) groups is 2. The van der Waals surface area contributed by atoms with Crippen molar-refractivity contribution < 1.29 is 32.2 Å². The van der Waals surface area contributed by atoms with Crippen LogP contribution in [0.3, 0.4) is 0 Å². The van der Waals surface area contributed by atoms with Crippen molar-refractivity contribution in [3.05, 3.63) is 24.3 Å². The Balaban J connectivity index is 1.71. The molecular formula is C16H21NO7S. The number of para-hydroxylation sites is 2. The molecule has 8 nitrogen and oxygen atoms in total.